The van der Waals surface area contributed by atoms with Crippen LogP contribution in [0, 0.1) is 0 Å². The van der Waals surface area contributed by atoms with Gasteiger partial charge in [0, 0.05) is 39.5 Å². The van der Waals surface area contributed by atoms with Crippen molar-refractivity contribution in [2.24, 2.45) is 0 Å². The molecule has 412 valence electrons. The first-order chi connectivity index (χ1) is 42.1. The molecule has 1 aliphatic rings. The lowest BCUT2D eigenvalue weighted by Gasteiger charge is -2.39. The largest absolute Gasteiger partial charge is 0.311 e. The van der Waals surface area contributed by atoms with Gasteiger partial charge in [-0.25, -0.2) is 0 Å². The molecule has 1 fully saturated rings. The Labute approximate surface area is 503 Å². The molecule has 1 atom stereocenters. The van der Waals surface area contributed by atoms with Crippen molar-refractivity contribution >= 4 is 45.8 Å². The number of hydrogen-bond donors (Lipinski definition) is 0. The molecular weight excluding hydrogens is 1020 g/mol. The molecule has 2 heteroatoms. The Balaban J connectivity index is 0.756. The summed E-state index contributed by atoms with van der Waals surface area (Å²) in [5.41, 5.74) is 23.3. The predicted octanol–water partition coefficient (Wildman–Crippen LogP) is 22.4. The van der Waals surface area contributed by atoms with Crippen LogP contribution in [0.15, 0.2) is 328 Å². The molecule has 0 bridgehead atoms. The molecule has 1 aliphatic carbocycles. The fourth-order valence-corrected chi connectivity index (χ4v) is 13.0. The highest BCUT2D eigenvalue weighted by atomic mass is 15.1. The Hall–Kier alpha value is -10.0. The third kappa shape index (κ3) is 12.4. The minimum absolute atomic E-state index is 0.100. The van der Waals surface area contributed by atoms with Crippen molar-refractivity contribution in [3.8, 4) is 22.3 Å². The van der Waals surface area contributed by atoms with E-state index in [0.29, 0.717) is 5.92 Å². The van der Waals surface area contributed by atoms with Crippen LogP contribution in [0.5, 0.6) is 0 Å². The van der Waals surface area contributed by atoms with Gasteiger partial charge in [0.25, 0.3) is 0 Å². The smallest absolute Gasteiger partial charge is 0.0464 e. The zero-order valence-electron chi connectivity index (χ0n) is 48.2. The van der Waals surface area contributed by atoms with E-state index in [4.69, 9.17) is 0 Å². The zero-order chi connectivity index (χ0) is 57.0. The Morgan fingerprint density at radius 1 is 0.318 bits per heavy atom. The van der Waals surface area contributed by atoms with Crippen molar-refractivity contribution < 1.29 is 0 Å². The average molecular weight is 1100 g/mol. The van der Waals surface area contributed by atoms with Crippen LogP contribution in [-0.2, 0) is 18.3 Å². The molecule has 0 radical (unpaired) electrons. The molecule has 13 rings (SSSR count). The first kappa shape index (κ1) is 54.2. The van der Waals surface area contributed by atoms with Gasteiger partial charge < -0.3 is 9.80 Å². The predicted molar refractivity (Wildman–Crippen MR) is 360 cm³/mol. The van der Waals surface area contributed by atoms with Gasteiger partial charge in [-0.2, -0.15) is 0 Å². The van der Waals surface area contributed by atoms with Gasteiger partial charge in [-0.05, 0) is 183 Å². The van der Waals surface area contributed by atoms with Crippen molar-refractivity contribution in [2.45, 2.75) is 56.3 Å². The molecule has 0 N–H and O–H groups in total. The van der Waals surface area contributed by atoms with E-state index in [-0.39, 0.29) is 5.41 Å². The maximum absolute atomic E-state index is 2.57. The second-order valence-corrected chi connectivity index (χ2v) is 22.8. The molecule has 0 heterocycles. The lowest BCUT2D eigenvalue weighted by Crippen LogP contribution is -2.31. The minimum atomic E-state index is -0.100. The molecule has 2 nitrogen and oxygen atoms in total. The summed E-state index contributed by atoms with van der Waals surface area (Å²) >= 11 is 0. The summed E-state index contributed by atoms with van der Waals surface area (Å²) in [6, 6.07) is 120. The average Bonchev–Trinajstić information content (AvgIpc) is 2.73. The molecule has 85 heavy (non-hydrogen) atoms. The lowest BCUT2D eigenvalue weighted by atomic mass is 9.65. The second-order valence-electron chi connectivity index (χ2n) is 22.8. The Morgan fingerprint density at radius 2 is 0.706 bits per heavy atom. The lowest BCUT2D eigenvalue weighted by molar-refractivity contribution is 0.346. The first-order valence-electron chi connectivity index (χ1n) is 30.3. The highest BCUT2D eigenvalue weighted by Crippen LogP contribution is 2.48. The van der Waals surface area contributed by atoms with Crippen LogP contribution < -0.4 is 9.80 Å². The molecular formula is C83H70N2. The number of hydrogen-bond acceptors (Lipinski definition) is 2. The first-order valence-corrected chi connectivity index (χ1v) is 30.3. The summed E-state index contributed by atoms with van der Waals surface area (Å²) in [5, 5.41) is 0. The summed E-state index contributed by atoms with van der Waals surface area (Å²) in [6.45, 7) is 0. The van der Waals surface area contributed by atoms with Crippen molar-refractivity contribution in [2.75, 3.05) is 9.80 Å². The van der Waals surface area contributed by atoms with E-state index >= 15 is 0 Å². The van der Waals surface area contributed by atoms with E-state index in [1.807, 2.05) is 0 Å². The molecule has 1 saturated carbocycles. The number of benzene rings is 12. The SMILES string of the molecule is C(=C(\c1ccccc1)c1ccc(-c2ccc(N(c3ccccc3)c3cccc(C4(c5cccc(CC(Cc6ccc(-c7ccc(N(c8ccccc8)c8ccccc8)cc7)cc6)c6ccccc6)c5)CCCCC4)c3)cc2)cc1)/c1ccccc1. The Morgan fingerprint density at radius 3 is 1.24 bits per heavy atom. The van der Waals surface area contributed by atoms with E-state index in [1.54, 1.807) is 0 Å². The Bertz CT molecular complexity index is 4040. The van der Waals surface area contributed by atoms with Crippen molar-refractivity contribution in [1.82, 2.24) is 0 Å². The van der Waals surface area contributed by atoms with Crippen LogP contribution in [0.2, 0.25) is 0 Å². The van der Waals surface area contributed by atoms with Gasteiger partial charge in [0.15, 0.2) is 0 Å². The van der Waals surface area contributed by atoms with Gasteiger partial charge >= 0.3 is 0 Å². The van der Waals surface area contributed by atoms with Gasteiger partial charge in [-0.3, -0.25) is 0 Å². The van der Waals surface area contributed by atoms with E-state index in [9.17, 15) is 0 Å². The van der Waals surface area contributed by atoms with E-state index in [1.165, 1.54) is 97.3 Å². The summed E-state index contributed by atoms with van der Waals surface area (Å²) < 4.78 is 0. The third-order valence-corrected chi connectivity index (χ3v) is 17.4. The maximum Gasteiger partial charge on any atom is 0.0464 e. The van der Waals surface area contributed by atoms with Crippen LogP contribution in [0.3, 0.4) is 0 Å². The standard InChI is InChI=1S/C83H70N2/c1-8-24-63(25-9-1)61-82(71-29-12-3-13-30-71)72-46-44-68(45-47-72)70-50-54-80(55-51-70)85(78-37-18-6-19-38-78)81-39-23-32-75(62-81)83(56-20-7-21-57-83)74-31-22-26-65(60-74)59-73(66-27-10-2-11-28-66)58-64-40-42-67(43-41-64)69-48-52-79(53-49-69)84(76-33-14-4-15-34-76)77-35-16-5-17-36-77/h1-6,8-19,22-55,60-62,73H,7,20-21,56-59H2/b82-61-. The van der Waals surface area contributed by atoms with Crippen LogP contribution in [0.4, 0.5) is 34.1 Å². The van der Waals surface area contributed by atoms with Crippen LogP contribution in [0.25, 0.3) is 33.9 Å². The second kappa shape index (κ2) is 25.6. The molecule has 0 amide bonds. The van der Waals surface area contributed by atoms with Gasteiger partial charge in [0.05, 0.1) is 0 Å². The quantitative estimate of drug-likeness (QED) is 0.0790. The van der Waals surface area contributed by atoms with Crippen molar-refractivity contribution in [3.63, 3.8) is 0 Å². The molecule has 0 aliphatic heterocycles. The fourth-order valence-electron chi connectivity index (χ4n) is 13.0. The molecule has 1 unspecified atom stereocenters. The van der Waals surface area contributed by atoms with Crippen LogP contribution in [0.1, 0.15) is 82.5 Å². The summed E-state index contributed by atoms with van der Waals surface area (Å²) in [4.78, 5) is 4.75. The van der Waals surface area contributed by atoms with Crippen molar-refractivity contribution in [3.05, 3.63) is 372 Å². The van der Waals surface area contributed by atoms with E-state index in [0.717, 1.165) is 54.1 Å². The van der Waals surface area contributed by atoms with Crippen LogP contribution >= 0.6 is 0 Å². The summed E-state index contributed by atoms with van der Waals surface area (Å²) in [6.07, 6.45) is 10.1. The zero-order valence-corrected chi connectivity index (χ0v) is 48.2. The number of para-hydroxylation sites is 3. The molecule has 0 spiro atoms. The monoisotopic (exact) mass is 1090 g/mol. The fraction of sp³-hybridized carbons (Fsp3) is 0.108. The normalized spacial score (nSPS) is 13.4. The number of anilines is 6. The van der Waals surface area contributed by atoms with Gasteiger partial charge in [0.2, 0.25) is 0 Å². The van der Waals surface area contributed by atoms with Gasteiger partial charge in [-0.15, -0.1) is 0 Å². The molecule has 0 saturated heterocycles. The summed E-state index contributed by atoms with van der Waals surface area (Å²) in [5.74, 6) is 0.314. The maximum atomic E-state index is 2.57. The topological polar surface area (TPSA) is 6.48 Å². The van der Waals surface area contributed by atoms with Gasteiger partial charge in [0.1, 0.15) is 0 Å². The number of nitrogens with zero attached hydrogens (tertiary/aromatic N) is 2. The molecule has 0 aromatic heterocycles. The van der Waals surface area contributed by atoms with E-state index in [2.05, 4.69) is 343 Å². The van der Waals surface area contributed by atoms with Crippen LogP contribution in [-0.4, -0.2) is 0 Å². The van der Waals surface area contributed by atoms with E-state index < -0.39 is 0 Å². The molecule has 12 aromatic carbocycles. The third-order valence-electron chi connectivity index (χ3n) is 17.4. The summed E-state index contributed by atoms with van der Waals surface area (Å²) in [7, 11) is 0. The van der Waals surface area contributed by atoms with Gasteiger partial charge in [-0.1, -0.05) is 274 Å². The minimum Gasteiger partial charge on any atom is -0.311 e. The molecule has 12 aromatic rings. The number of rotatable bonds is 18. The van der Waals surface area contributed by atoms with Crippen molar-refractivity contribution in [1.29, 1.82) is 0 Å². The highest BCUT2D eigenvalue weighted by Gasteiger charge is 2.36. The highest BCUT2D eigenvalue weighted by molar-refractivity contribution is 5.92. The Kier molecular flexibility index (Phi) is 16.4.